The number of rotatable bonds is 28. The molecule has 0 bridgehead atoms. The van der Waals surface area contributed by atoms with Crippen molar-refractivity contribution in [1.82, 2.24) is 0 Å². The lowest BCUT2D eigenvalue weighted by Gasteiger charge is -2.49. The number of carboxylic acids is 1. The first-order valence-electron chi connectivity index (χ1n) is 17.0. The summed E-state index contributed by atoms with van der Waals surface area (Å²) in [5.74, 6) is -1.08. The normalized spacial score (nSPS) is 12.7. The van der Waals surface area contributed by atoms with Crippen LogP contribution < -0.4 is 5.11 Å². The zero-order valence-electron chi connectivity index (χ0n) is 28.3. The summed E-state index contributed by atoms with van der Waals surface area (Å²) in [4.78, 5) is 8.89. The quantitative estimate of drug-likeness (QED) is 0.0522. The second-order valence-corrected chi connectivity index (χ2v) is 14.8. The minimum absolute atomic E-state index is 0.332. The minimum atomic E-state index is -2.72. The Balaban J connectivity index is 0. The smallest absolute Gasteiger partial charge is 0.550 e. The molecule has 7 heteroatoms. The van der Waals surface area contributed by atoms with Crippen molar-refractivity contribution in [3.05, 3.63) is 0 Å². The first-order valence-corrected chi connectivity index (χ1v) is 18.8. The van der Waals surface area contributed by atoms with E-state index in [-0.39, 0.29) is 0 Å². The second-order valence-electron chi connectivity index (χ2n) is 11.7. The van der Waals surface area contributed by atoms with E-state index in [9.17, 15) is 0 Å². The summed E-state index contributed by atoms with van der Waals surface area (Å²) in [5.41, 5.74) is 0.332. The van der Waals surface area contributed by atoms with Crippen LogP contribution in [0.5, 0.6) is 0 Å². The van der Waals surface area contributed by atoms with Crippen molar-refractivity contribution in [2.45, 2.75) is 169 Å². The molecule has 0 aliphatic carbocycles. The van der Waals surface area contributed by atoms with Gasteiger partial charge in [0.15, 0.2) is 5.67 Å². The fraction of sp³-hybridized carbons (Fsp3) is 0.970. The Kier molecular flexibility index (Phi) is 29.8. The summed E-state index contributed by atoms with van der Waals surface area (Å²) in [6.45, 7) is 13.8. The van der Waals surface area contributed by atoms with Crippen LogP contribution >= 0.6 is 0 Å². The lowest BCUT2D eigenvalue weighted by Crippen LogP contribution is -2.70. The molecule has 6 nitrogen and oxygen atoms in total. The molecule has 0 spiro atoms. The molecule has 1 atom stereocenters. The van der Waals surface area contributed by atoms with Gasteiger partial charge in [0, 0.05) is 33.7 Å². The van der Waals surface area contributed by atoms with Gasteiger partial charge in [-0.1, -0.05) is 124 Å². The fourth-order valence-corrected chi connectivity index (χ4v) is 9.40. The molecule has 242 valence electrons. The van der Waals surface area contributed by atoms with E-state index in [0.717, 1.165) is 24.2 Å². The summed E-state index contributed by atoms with van der Waals surface area (Å²) in [6.07, 6.45) is 27.4. The van der Waals surface area contributed by atoms with Gasteiger partial charge < -0.3 is 27.7 Å². The summed E-state index contributed by atoms with van der Waals surface area (Å²) in [5, 5.41) is 8.89. The van der Waals surface area contributed by atoms with Crippen molar-refractivity contribution in [2.75, 3.05) is 41.0 Å². The van der Waals surface area contributed by atoms with Crippen molar-refractivity contribution in [2.24, 2.45) is 0 Å². The third-order valence-electron chi connectivity index (χ3n) is 8.28. The predicted molar refractivity (Wildman–Crippen MR) is 171 cm³/mol. The van der Waals surface area contributed by atoms with Crippen molar-refractivity contribution >= 4 is 14.8 Å². The van der Waals surface area contributed by atoms with E-state index < -0.39 is 14.8 Å². The number of hydrogen-bond donors (Lipinski definition) is 0. The lowest BCUT2D eigenvalue weighted by atomic mass is 10.0. The zero-order valence-corrected chi connectivity index (χ0v) is 29.3. The summed E-state index contributed by atoms with van der Waals surface area (Å²) < 4.78 is 19.3. The Morgan fingerprint density at radius 3 is 1.18 bits per heavy atom. The van der Waals surface area contributed by atoms with Gasteiger partial charge in [-0.25, -0.2) is 0 Å². The van der Waals surface area contributed by atoms with Crippen LogP contribution in [0.2, 0.25) is 0 Å². The molecule has 0 saturated heterocycles. The monoisotopic (exact) mass is 590 g/mol. The van der Waals surface area contributed by atoms with Crippen LogP contribution in [0.15, 0.2) is 0 Å². The van der Waals surface area contributed by atoms with Crippen molar-refractivity contribution < 1.29 is 27.7 Å². The fourth-order valence-electron chi connectivity index (χ4n) is 6.39. The highest BCUT2D eigenvalue weighted by Crippen LogP contribution is 2.31. The first kappa shape index (κ1) is 41.7. The van der Waals surface area contributed by atoms with Gasteiger partial charge in [0.2, 0.25) is 0 Å². The lowest BCUT2D eigenvalue weighted by molar-refractivity contribution is -0.943. The van der Waals surface area contributed by atoms with Gasteiger partial charge in [0.25, 0.3) is 0 Å². The average molecular weight is 590 g/mol. The predicted octanol–water partition coefficient (Wildman–Crippen LogP) is 8.23. The van der Waals surface area contributed by atoms with Gasteiger partial charge in [-0.05, 0) is 32.6 Å². The highest BCUT2D eigenvalue weighted by molar-refractivity contribution is 6.62. The molecular formula is C33H71NO5Si. The summed E-state index contributed by atoms with van der Waals surface area (Å²) in [7, 11) is 2.67. The molecule has 0 aromatic heterocycles. The van der Waals surface area contributed by atoms with Gasteiger partial charge in [-0.3, -0.25) is 0 Å². The number of carbonyl (C=O) groups excluding carboxylic acids is 1. The third-order valence-corrected chi connectivity index (χ3v) is 11.6. The van der Waals surface area contributed by atoms with E-state index in [2.05, 4.69) is 27.7 Å². The molecule has 0 heterocycles. The number of quaternary nitrogens is 1. The molecule has 0 saturated carbocycles. The Morgan fingerprint density at radius 2 is 0.900 bits per heavy atom. The molecule has 1 unspecified atom stereocenters. The van der Waals surface area contributed by atoms with Crippen LogP contribution in [0.3, 0.4) is 0 Å². The van der Waals surface area contributed by atoms with Crippen molar-refractivity contribution in [3.63, 3.8) is 0 Å². The maximum Gasteiger partial charge on any atom is 0.561 e. The molecule has 0 aromatic carbocycles. The van der Waals surface area contributed by atoms with Crippen LogP contribution in [0, 0.1) is 0 Å². The number of carbonyl (C=O) groups is 1. The molecule has 0 N–H and O–H groups in total. The molecule has 0 aliphatic heterocycles. The average Bonchev–Trinajstić information content (AvgIpc) is 2.93. The number of aliphatic carboxylic acids is 1. The van der Waals surface area contributed by atoms with Gasteiger partial charge in [-0.15, -0.1) is 0 Å². The van der Waals surface area contributed by atoms with Gasteiger partial charge in [0.1, 0.15) is 0 Å². The van der Waals surface area contributed by atoms with E-state index in [0.29, 0.717) is 5.67 Å². The number of unbranched alkanes of at least 4 members (excludes halogenated alkanes) is 15. The highest BCUT2D eigenvalue weighted by atomic mass is 28.4. The number of carboxylic acid groups (broad SMARTS) is 1. The molecule has 0 radical (unpaired) electrons. The molecule has 40 heavy (non-hydrogen) atoms. The van der Waals surface area contributed by atoms with E-state index in [1.165, 1.54) is 135 Å². The van der Waals surface area contributed by atoms with Crippen LogP contribution in [0.25, 0.3) is 0 Å². The maximum absolute atomic E-state index is 8.89. The van der Waals surface area contributed by atoms with E-state index in [1.54, 1.807) is 21.3 Å². The van der Waals surface area contributed by atoms with Crippen LogP contribution in [0.4, 0.5) is 0 Å². The van der Waals surface area contributed by atoms with E-state index >= 15 is 0 Å². The van der Waals surface area contributed by atoms with Crippen LogP contribution in [-0.2, 0) is 18.1 Å². The third kappa shape index (κ3) is 19.6. The molecular weight excluding hydrogens is 518 g/mol. The van der Waals surface area contributed by atoms with Gasteiger partial charge in [-0.2, -0.15) is 0 Å². The van der Waals surface area contributed by atoms with Crippen molar-refractivity contribution in [1.29, 1.82) is 0 Å². The Hall–Kier alpha value is -0.473. The van der Waals surface area contributed by atoms with Crippen LogP contribution in [-0.4, -0.2) is 65.9 Å². The molecule has 0 fully saturated rings. The van der Waals surface area contributed by atoms with Crippen molar-refractivity contribution in [3.8, 4) is 0 Å². The van der Waals surface area contributed by atoms with E-state index in [1.807, 2.05) is 0 Å². The Morgan fingerprint density at radius 1 is 0.575 bits per heavy atom. The van der Waals surface area contributed by atoms with Gasteiger partial charge >= 0.3 is 8.80 Å². The first-order chi connectivity index (χ1) is 19.3. The molecule has 0 amide bonds. The second kappa shape index (κ2) is 28.6. The number of hydrogen-bond acceptors (Lipinski definition) is 5. The Bertz CT molecular complexity index is 527. The zero-order chi connectivity index (χ0) is 30.5. The highest BCUT2D eigenvalue weighted by Gasteiger charge is 2.57. The summed E-state index contributed by atoms with van der Waals surface area (Å²) in [6, 6.07) is 0. The standard InChI is InChI=1S/C31H68NO3Si.C2H4O2/c1-8-12-13-14-15-16-17-18-19-20-21-22-23-24-25-26-30-32(28-10-3,29-11-4)31(27-9-2)36(33-5,34-6)35-7;1-2(3)4/h31H,8-30H2,1-7H3;1H3,(H,3,4)/q+1;/p-1. The maximum atomic E-state index is 8.89. The number of nitrogens with zero attached hydrogens (tertiary/aromatic N) is 1. The molecule has 0 aromatic rings. The molecule has 0 rings (SSSR count). The minimum Gasteiger partial charge on any atom is -0.550 e. The Labute approximate surface area is 251 Å². The largest absolute Gasteiger partial charge is 0.561 e. The van der Waals surface area contributed by atoms with Crippen LogP contribution in [0.1, 0.15) is 163 Å². The summed E-state index contributed by atoms with van der Waals surface area (Å²) >= 11 is 0. The molecule has 0 aliphatic rings. The topological polar surface area (TPSA) is 67.8 Å². The SMILES string of the molecule is CC(=O)[O-].CCCCCCCCCCCCCCCCCC[N+](CCC)(CCC)C(CCC)[Si](OC)(OC)OC. The van der Waals surface area contributed by atoms with E-state index in [4.69, 9.17) is 23.2 Å². The van der Waals surface area contributed by atoms with Gasteiger partial charge in [0.05, 0.1) is 19.6 Å².